The van der Waals surface area contributed by atoms with Crippen LogP contribution in [0.25, 0.3) is 0 Å². The third-order valence-corrected chi connectivity index (χ3v) is 5.36. The van der Waals surface area contributed by atoms with Crippen LogP contribution < -0.4 is 5.73 Å². The molecular formula is C10H19N5O3S. The summed E-state index contributed by atoms with van der Waals surface area (Å²) in [5, 5.41) is 2.34. The number of amidine groups is 1. The lowest BCUT2D eigenvalue weighted by atomic mass is 10.3. The zero-order valence-electron chi connectivity index (χ0n) is 11.3. The fraction of sp³-hybridized carbons (Fsp3) is 0.800. The molecule has 1 aliphatic carbocycles. The van der Waals surface area contributed by atoms with Gasteiger partial charge in [-0.3, -0.25) is 5.01 Å². The molecule has 19 heavy (non-hydrogen) atoms. The average Bonchev–Trinajstić information content (AvgIpc) is 3.11. The van der Waals surface area contributed by atoms with Crippen LogP contribution in [-0.2, 0) is 10.0 Å². The van der Waals surface area contributed by atoms with Crippen LogP contribution in [0.2, 0.25) is 0 Å². The van der Waals surface area contributed by atoms with Crippen LogP contribution in [0.5, 0.6) is 0 Å². The minimum Gasteiger partial charge on any atom is -0.350 e. The van der Waals surface area contributed by atoms with E-state index in [1.807, 2.05) is 0 Å². The molecule has 1 fully saturated rings. The molecule has 2 N–H and O–H groups in total. The van der Waals surface area contributed by atoms with Crippen molar-refractivity contribution in [2.24, 2.45) is 16.6 Å². The molecule has 0 spiro atoms. The van der Waals surface area contributed by atoms with Crippen LogP contribution in [0, 0.1) is 5.92 Å². The zero-order chi connectivity index (χ0) is 14.4. The first-order chi connectivity index (χ1) is 8.80. The zero-order valence-corrected chi connectivity index (χ0v) is 12.1. The minimum atomic E-state index is -3.68. The summed E-state index contributed by atoms with van der Waals surface area (Å²) in [4.78, 5) is 15.7. The lowest BCUT2D eigenvalue weighted by Crippen LogP contribution is -2.52. The van der Waals surface area contributed by atoms with Gasteiger partial charge < -0.3 is 5.73 Å². The van der Waals surface area contributed by atoms with Gasteiger partial charge in [0.15, 0.2) is 6.17 Å². The molecule has 9 heteroatoms. The number of hydrogen-bond acceptors (Lipinski definition) is 5. The summed E-state index contributed by atoms with van der Waals surface area (Å²) < 4.78 is 25.8. The number of carbonyl (C=O) groups is 1. The fourth-order valence-electron chi connectivity index (χ4n) is 2.04. The van der Waals surface area contributed by atoms with Gasteiger partial charge in [-0.05, 0) is 12.8 Å². The van der Waals surface area contributed by atoms with E-state index in [1.165, 1.54) is 28.4 Å². The van der Waals surface area contributed by atoms with Gasteiger partial charge in [0, 0.05) is 26.6 Å². The Kier molecular flexibility index (Phi) is 3.43. The third-order valence-electron chi connectivity index (χ3n) is 3.45. The van der Waals surface area contributed by atoms with Crippen LogP contribution in [0.3, 0.4) is 0 Å². The van der Waals surface area contributed by atoms with Crippen molar-refractivity contribution in [3.63, 3.8) is 0 Å². The maximum atomic E-state index is 12.3. The summed E-state index contributed by atoms with van der Waals surface area (Å²) in [6.07, 6.45) is 1.38. The minimum absolute atomic E-state index is 0.118. The largest absolute Gasteiger partial charge is 0.350 e. The molecule has 1 unspecified atom stereocenters. The Labute approximate surface area is 112 Å². The molecule has 108 valence electrons. The SMILES string of the molecule is CCN(C)S(=O)(=O)C1=NC(C2CC2)N(C(N)=O)N1C. The topological polar surface area (TPSA) is 99.3 Å². The fourth-order valence-corrected chi connectivity index (χ4v) is 3.32. The Balaban J connectivity index is 2.36. The monoisotopic (exact) mass is 289 g/mol. The van der Waals surface area contributed by atoms with E-state index in [1.54, 1.807) is 6.92 Å². The van der Waals surface area contributed by atoms with Gasteiger partial charge >= 0.3 is 6.03 Å². The van der Waals surface area contributed by atoms with Crippen molar-refractivity contribution >= 4 is 21.2 Å². The van der Waals surface area contributed by atoms with E-state index in [0.717, 1.165) is 12.8 Å². The standard InChI is InChI=1S/C10H19N5O3S/c1-4-13(2)19(17,18)10-12-8(7-5-6-7)15(9(11)16)14(10)3/h7-8H,4-6H2,1-3H3,(H2,11,16). The molecule has 0 radical (unpaired) electrons. The molecule has 1 saturated carbocycles. The van der Waals surface area contributed by atoms with Gasteiger partial charge in [0.25, 0.3) is 15.2 Å². The van der Waals surface area contributed by atoms with Gasteiger partial charge in [0.05, 0.1) is 0 Å². The number of hydrogen-bond donors (Lipinski definition) is 1. The van der Waals surface area contributed by atoms with E-state index >= 15 is 0 Å². The number of urea groups is 1. The average molecular weight is 289 g/mol. The second-order valence-corrected chi connectivity index (χ2v) is 6.73. The summed E-state index contributed by atoms with van der Waals surface area (Å²) in [6, 6.07) is -0.687. The van der Waals surface area contributed by atoms with Crippen molar-refractivity contribution in [2.75, 3.05) is 20.6 Å². The van der Waals surface area contributed by atoms with Crippen molar-refractivity contribution in [3.05, 3.63) is 0 Å². The van der Waals surface area contributed by atoms with E-state index < -0.39 is 22.2 Å². The van der Waals surface area contributed by atoms with Crippen molar-refractivity contribution in [3.8, 4) is 0 Å². The Morgan fingerprint density at radius 3 is 2.53 bits per heavy atom. The number of sulfonamides is 1. The van der Waals surface area contributed by atoms with Gasteiger partial charge in [-0.1, -0.05) is 6.92 Å². The maximum absolute atomic E-state index is 12.3. The van der Waals surface area contributed by atoms with Gasteiger partial charge in [0.1, 0.15) is 0 Å². The Morgan fingerprint density at radius 2 is 2.11 bits per heavy atom. The number of hydrazine groups is 1. The highest BCUT2D eigenvalue weighted by atomic mass is 32.2. The molecule has 1 heterocycles. The number of primary amides is 1. The molecule has 0 saturated heterocycles. The lowest BCUT2D eigenvalue weighted by molar-refractivity contribution is 0.0828. The predicted octanol–water partition coefficient (Wildman–Crippen LogP) is -0.399. The smallest absolute Gasteiger partial charge is 0.335 e. The van der Waals surface area contributed by atoms with Crippen molar-refractivity contribution in [1.82, 2.24) is 14.3 Å². The summed E-state index contributed by atoms with van der Waals surface area (Å²) >= 11 is 0. The van der Waals surface area contributed by atoms with Crippen molar-refractivity contribution in [2.45, 2.75) is 25.9 Å². The molecule has 1 atom stereocenters. The highest BCUT2D eigenvalue weighted by Crippen LogP contribution is 2.39. The Bertz CT molecular complexity index is 513. The summed E-state index contributed by atoms with van der Waals surface area (Å²) in [5.41, 5.74) is 5.32. The molecule has 0 bridgehead atoms. The summed E-state index contributed by atoms with van der Waals surface area (Å²) in [5.74, 6) is 0.203. The molecular weight excluding hydrogens is 270 g/mol. The van der Waals surface area contributed by atoms with Gasteiger partial charge in [-0.15, -0.1) is 0 Å². The second-order valence-electron chi connectivity index (χ2n) is 4.79. The van der Waals surface area contributed by atoms with Crippen LogP contribution >= 0.6 is 0 Å². The summed E-state index contributed by atoms with van der Waals surface area (Å²) in [6.45, 7) is 2.07. The number of aliphatic imine (C=N–C) groups is 1. The maximum Gasteiger partial charge on any atom is 0.335 e. The Hall–Kier alpha value is -1.35. The van der Waals surface area contributed by atoms with Crippen molar-refractivity contribution in [1.29, 1.82) is 0 Å². The normalized spacial score (nSPS) is 24.0. The Morgan fingerprint density at radius 1 is 1.53 bits per heavy atom. The number of carbonyl (C=O) groups excluding carboxylic acids is 1. The van der Waals surface area contributed by atoms with E-state index in [4.69, 9.17) is 5.73 Å². The molecule has 1 aliphatic heterocycles. The first-order valence-electron chi connectivity index (χ1n) is 6.17. The number of nitrogens with two attached hydrogens (primary N) is 1. The summed E-state index contributed by atoms with van der Waals surface area (Å²) in [7, 11) is -0.713. The van der Waals surface area contributed by atoms with Gasteiger partial charge in [0.2, 0.25) is 0 Å². The molecule has 0 aromatic rings. The molecule has 8 nitrogen and oxygen atoms in total. The van der Waals surface area contributed by atoms with Gasteiger partial charge in [-0.25, -0.2) is 23.2 Å². The lowest BCUT2D eigenvalue weighted by Gasteiger charge is -2.29. The molecule has 2 aliphatic rings. The molecule has 2 rings (SSSR count). The number of nitrogens with zero attached hydrogens (tertiary/aromatic N) is 4. The molecule has 2 amide bonds. The van der Waals surface area contributed by atoms with Crippen LogP contribution in [-0.4, -0.2) is 60.7 Å². The highest BCUT2D eigenvalue weighted by molar-refractivity contribution is 8.04. The van der Waals surface area contributed by atoms with Crippen LogP contribution in [0.1, 0.15) is 19.8 Å². The highest BCUT2D eigenvalue weighted by Gasteiger charge is 2.47. The van der Waals surface area contributed by atoms with E-state index in [9.17, 15) is 13.2 Å². The van der Waals surface area contributed by atoms with Gasteiger partial charge in [-0.2, -0.15) is 4.31 Å². The second kappa shape index (κ2) is 4.64. The van der Waals surface area contributed by atoms with Crippen LogP contribution in [0.4, 0.5) is 4.79 Å². The third kappa shape index (κ3) is 2.27. The van der Waals surface area contributed by atoms with E-state index in [2.05, 4.69) is 4.99 Å². The van der Waals surface area contributed by atoms with E-state index in [0.29, 0.717) is 6.54 Å². The first kappa shape index (κ1) is 14.1. The van der Waals surface area contributed by atoms with Crippen LogP contribution in [0.15, 0.2) is 4.99 Å². The van der Waals surface area contributed by atoms with Crippen molar-refractivity contribution < 1.29 is 13.2 Å². The number of amides is 2. The first-order valence-corrected chi connectivity index (χ1v) is 7.61. The predicted molar refractivity (Wildman–Crippen MR) is 70.4 cm³/mol. The van der Waals surface area contributed by atoms with E-state index in [-0.39, 0.29) is 11.1 Å². The quantitative estimate of drug-likeness (QED) is 0.764. The molecule has 0 aromatic carbocycles. The number of rotatable bonds is 3. The molecule has 0 aromatic heterocycles.